The first-order valence-electron chi connectivity index (χ1n) is 13.1. The Balaban J connectivity index is 1.51. The van der Waals surface area contributed by atoms with Crippen LogP contribution < -0.4 is 24.4 Å². The van der Waals surface area contributed by atoms with Crippen molar-refractivity contribution in [1.29, 1.82) is 0 Å². The molecule has 0 unspecified atom stereocenters. The molecule has 0 radical (unpaired) electrons. The molecule has 10 nitrogen and oxygen atoms in total. The van der Waals surface area contributed by atoms with E-state index < -0.39 is 16.9 Å². The molecule has 214 valence electrons. The minimum Gasteiger partial charge on any atom is -0.493 e. The minimum atomic E-state index is -0.670. The van der Waals surface area contributed by atoms with Crippen molar-refractivity contribution in [3.63, 3.8) is 0 Å². The number of carbonyl (C=O) groups is 1. The van der Waals surface area contributed by atoms with Gasteiger partial charge < -0.3 is 14.2 Å². The van der Waals surface area contributed by atoms with Crippen LogP contribution in [-0.4, -0.2) is 29.7 Å². The third kappa shape index (κ3) is 5.59. The molecule has 0 spiro atoms. The molecule has 0 aliphatic carbocycles. The number of hydrogen-bond acceptors (Lipinski definition) is 9. The molecule has 1 atom stereocenters. The molecule has 0 saturated heterocycles. The smallest absolute Gasteiger partial charge is 0.338 e. The predicted molar refractivity (Wildman–Crippen MR) is 157 cm³/mol. The lowest BCUT2D eigenvalue weighted by Gasteiger charge is -2.25. The van der Waals surface area contributed by atoms with Gasteiger partial charge in [-0.05, 0) is 53.5 Å². The minimum absolute atomic E-state index is 0.00786. The van der Waals surface area contributed by atoms with E-state index in [4.69, 9.17) is 14.2 Å². The fourth-order valence-electron chi connectivity index (χ4n) is 4.73. The second-order valence-electron chi connectivity index (χ2n) is 9.32. The van der Waals surface area contributed by atoms with Crippen LogP contribution >= 0.6 is 11.3 Å². The van der Waals surface area contributed by atoms with E-state index in [2.05, 4.69) is 4.99 Å². The molecular formula is C31H27N3O7S. The molecule has 1 aliphatic rings. The Hall–Kier alpha value is -5.03. The van der Waals surface area contributed by atoms with Gasteiger partial charge in [0.25, 0.3) is 11.2 Å². The summed E-state index contributed by atoms with van der Waals surface area (Å²) < 4.78 is 18.5. The number of rotatable bonds is 9. The summed E-state index contributed by atoms with van der Waals surface area (Å²) in [6.07, 6.45) is 2.25. The summed E-state index contributed by atoms with van der Waals surface area (Å²) in [6, 6.07) is 20.1. The van der Waals surface area contributed by atoms with Gasteiger partial charge >= 0.3 is 5.97 Å². The Morgan fingerprint density at radius 3 is 2.45 bits per heavy atom. The van der Waals surface area contributed by atoms with Crippen LogP contribution in [0.3, 0.4) is 0 Å². The molecule has 11 heteroatoms. The third-order valence-electron chi connectivity index (χ3n) is 6.79. The topological polar surface area (TPSA) is 122 Å². The van der Waals surface area contributed by atoms with Crippen LogP contribution in [0.15, 0.2) is 93.9 Å². The van der Waals surface area contributed by atoms with Crippen molar-refractivity contribution in [3.8, 4) is 11.5 Å². The largest absolute Gasteiger partial charge is 0.493 e. The van der Waals surface area contributed by atoms with E-state index in [-0.39, 0.29) is 17.9 Å². The van der Waals surface area contributed by atoms with Crippen molar-refractivity contribution in [1.82, 2.24) is 4.57 Å². The molecule has 0 saturated carbocycles. The van der Waals surface area contributed by atoms with Gasteiger partial charge in [0.15, 0.2) is 16.3 Å². The number of methoxy groups -OCH3 is 2. The highest BCUT2D eigenvalue weighted by Gasteiger charge is 2.33. The standard InChI is InChI=1S/C31H27N3O7S/c1-4-23-27(30(36)40-3)28(21-8-6-5-7-9-21)33-29(35)26(42-31(33)32-23)17-20-12-15-24(25(16-20)39-2)41-18-19-10-13-22(14-11-19)34(37)38/h5-17,28H,4,18H2,1-3H3/b26-17-/t28-/m1/s1. The zero-order chi connectivity index (χ0) is 29.8. The number of carbonyl (C=O) groups excluding carboxylic acids is 1. The van der Waals surface area contributed by atoms with Gasteiger partial charge in [-0.3, -0.25) is 19.5 Å². The van der Waals surface area contributed by atoms with Crippen molar-refractivity contribution >= 4 is 29.1 Å². The fourth-order valence-corrected chi connectivity index (χ4v) is 5.75. The molecule has 4 aromatic rings. The molecule has 42 heavy (non-hydrogen) atoms. The number of benzene rings is 3. The van der Waals surface area contributed by atoms with Crippen molar-refractivity contribution in [2.45, 2.75) is 26.0 Å². The van der Waals surface area contributed by atoms with Gasteiger partial charge in [0, 0.05) is 12.1 Å². The van der Waals surface area contributed by atoms with Crippen molar-refractivity contribution in [2.24, 2.45) is 4.99 Å². The molecule has 0 bridgehead atoms. The lowest BCUT2D eigenvalue weighted by Crippen LogP contribution is -2.40. The molecule has 1 aliphatic heterocycles. The van der Waals surface area contributed by atoms with Crippen molar-refractivity contribution < 1.29 is 23.9 Å². The number of nitro groups is 1. The van der Waals surface area contributed by atoms with Crippen molar-refractivity contribution in [2.75, 3.05) is 14.2 Å². The van der Waals surface area contributed by atoms with Crippen LogP contribution in [0.4, 0.5) is 5.69 Å². The number of nitro benzene ring substituents is 1. The summed E-state index contributed by atoms with van der Waals surface area (Å²) in [7, 11) is 2.84. The lowest BCUT2D eigenvalue weighted by molar-refractivity contribution is -0.384. The maximum Gasteiger partial charge on any atom is 0.338 e. The van der Waals surface area contributed by atoms with Crippen LogP contribution in [0, 0.1) is 10.1 Å². The predicted octanol–water partition coefficient (Wildman–Crippen LogP) is 4.29. The maximum absolute atomic E-state index is 13.8. The summed E-state index contributed by atoms with van der Waals surface area (Å²) in [5, 5.41) is 10.9. The van der Waals surface area contributed by atoms with Crippen LogP contribution in [0.5, 0.6) is 11.5 Å². The number of non-ortho nitro benzene ring substituents is 1. The Morgan fingerprint density at radius 2 is 1.81 bits per heavy atom. The highest BCUT2D eigenvalue weighted by molar-refractivity contribution is 7.07. The van der Waals surface area contributed by atoms with Gasteiger partial charge in [0.2, 0.25) is 0 Å². The first kappa shape index (κ1) is 28.5. The lowest BCUT2D eigenvalue weighted by atomic mass is 9.95. The molecule has 0 N–H and O–H groups in total. The number of thiazole rings is 1. The monoisotopic (exact) mass is 585 g/mol. The summed E-state index contributed by atoms with van der Waals surface area (Å²) in [5.74, 6) is 0.420. The number of aromatic nitrogens is 1. The molecule has 5 rings (SSSR count). The molecule has 1 aromatic heterocycles. The molecule has 0 amide bonds. The number of allylic oxidation sites excluding steroid dienone is 1. The summed E-state index contributed by atoms with van der Waals surface area (Å²) >= 11 is 1.25. The Bertz CT molecular complexity index is 1860. The molecular weight excluding hydrogens is 558 g/mol. The van der Waals surface area contributed by atoms with Gasteiger partial charge in [-0.2, -0.15) is 0 Å². The van der Waals surface area contributed by atoms with E-state index >= 15 is 0 Å². The zero-order valence-electron chi connectivity index (χ0n) is 23.1. The summed E-state index contributed by atoms with van der Waals surface area (Å²) in [6.45, 7) is 2.10. The first-order chi connectivity index (χ1) is 20.3. The highest BCUT2D eigenvalue weighted by Crippen LogP contribution is 2.32. The van der Waals surface area contributed by atoms with E-state index in [1.165, 1.54) is 37.7 Å². The number of ether oxygens (including phenoxy) is 3. The molecule has 0 fully saturated rings. The van der Waals surface area contributed by atoms with Crippen LogP contribution in [0.2, 0.25) is 0 Å². The van der Waals surface area contributed by atoms with Crippen LogP contribution in [0.25, 0.3) is 6.08 Å². The van der Waals surface area contributed by atoms with E-state index in [0.29, 0.717) is 44.1 Å². The quantitative estimate of drug-likeness (QED) is 0.163. The van der Waals surface area contributed by atoms with E-state index in [9.17, 15) is 19.7 Å². The average molecular weight is 586 g/mol. The van der Waals surface area contributed by atoms with Gasteiger partial charge in [0.05, 0.1) is 41.0 Å². The van der Waals surface area contributed by atoms with Gasteiger partial charge in [-0.1, -0.05) is 54.7 Å². The number of nitrogens with zero attached hydrogens (tertiary/aromatic N) is 3. The van der Waals surface area contributed by atoms with Crippen molar-refractivity contribution in [3.05, 3.63) is 131 Å². The first-order valence-corrected chi connectivity index (χ1v) is 13.9. The van der Waals surface area contributed by atoms with Crippen LogP contribution in [0.1, 0.15) is 36.1 Å². The molecule has 3 aromatic carbocycles. The third-order valence-corrected chi connectivity index (χ3v) is 7.78. The average Bonchev–Trinajstić information content (AvgIpc) is 3.33. The normalized spacial score (nSPS) is 14.6. The van der Waals surface area contributed by atoms with Crippen LogP contribution in [-0.2, 0) is 16.1 Å². The number of hydrogen-bond donors (Lipinski definition) is 0. The fraction of sp³-hybridized carbons (Fsp3) is 0.194. The van der Waals surface area contributed by atoms with E-state index in [1.807, 2.05) is 37.3 Å². The SMILES string of the molecule is CCC1=C(C(=O)OC)[C@@H](c2ccccc2)n2c(s/c(=C\c3ccc(OCc4ccc([N+](=O)[O-])cc4)c(OC)c3)c2=O)=N1. The molecule has 2 heterocycles. The highest BCUT2D eigenvalue weighted by atomic mass is 32.1. The zero-order valence-corrected chi connectivity index (χ0v) is 23.9. The summed E-state index contributed by atoms with van der Waals surface area (Å²) in [5.41, 5.74) is 2.91. The maximum atomic E-state index is 13.8. The van der Waals surface area contributed by atoms with E-state index in [0.717, 1.165) is 11.1 Å². The second kappa shape index (κ2) is 12.2. The Labute approximate surface area is 244 Å². The van der Waals surface area contributed by atoms with Gasteiger partial charge in [-0.25, -0.2) is 9.79 Å². The second-order valence-corrected chi connectivity index (χ2v) is 10.3. The number of esters is 1. The Morgan fingerprint density at radius 1 is 1.07 bits per heavy atom. The summed E-state index contributed by atoms with van der Waals surface area (Å²) in [4.78, 5) is 42.3. The van der Waals surface area contributed by atoms with Gasteiger partial charge in [-0.15, -0.1) is 0 Å². The number of fused-ring (bicyclic) bond motifs is 1. The Kier molecular flexibility index (Phi) is 8.30. The van der Waals surface area contributed by atoms with E-state index in [1.54, 1.807) is 41.0 Å². The van der Waals surface area contributed by atoms with Gasteiger partial charge in [0.1, 0.15) is 6.61 Å².